The van der Waals surface area contributed by atoms with Crippen LogP contribution in [0.5, 0.6) is 0 Å². The molecule has 3 aromatic rings. The highest BCUT2D eigenvalue weighted by molar-refractivity contribution is 7.14. The molecule has 5 nitrogen and oxygen atoms in total. The van der Waals surface area contributed by atoms with Crippen LogP contribution in [0.25, 0.3) is 0 Å². The summed E-state index contributed by atoms with van der Waals surface area (Å²) < 4.78 is 0. The maximum Gasteiger partial charge on any atom is 0.276 e. The second-order valence-corrected chi connectivity index (χ2v) is 6.15. The first-order valence-electron chi connectivity index (χ1n) is 5.90. The first-order chi connectivity index (χ1) is 10.2. The van der Waals surface area contributed by atoms with Crippen molar-refractivity contribution in [3.63, 3.8) is 0 Å². The lowest BCUT2D eigenvalue weighted by Crippen LogP contribution is -2.12. The number of halogens is 1. The van der Waals surface area contributed by atoms with Crippen LogP contribution in [0.15, 0.2) is 41.2 Å². The van der Waals surface area contributed by atoms with Crippen molar-refractivity contribution in [1.29, 1.82) is 0 Å². The second-order valence-electron chi connectivity index (χ2n) is 3.96. The summed E-state index contributed by atoms with van der Waals surface area (Å²) in [5, 5.41) is 11.2. The van der Waals surface area contributed by atoms with Crippen LogP contribution in [-0.2, 0) is 0 Å². The van der Waals surface area contributed by atoms with Crippen LogP contribution < -0.4 is 10.6 Å². The van der Waals surface area contributed by atoms with Gasteiger partial charge in [-0.15, -0.1) is 22.7 Å². The molecule has 1 aromatic carbocycles. The smallest absolute Gasteiger partial charge is 0.276 e. The first kappa shape index (κ1) is 14.0. The van der Waals surface area contributed by atoms with Crippen LogP contribution in [0.2, 0.25) is 5.02 Å². The van der Waals surface area contributed by atoms with Crippen molar-refractivity contribution in [2.24, 2.45) is 0 Å². The number of aromatic nitrogens is 2. The molecule has 0 spiro atoms. The fraction of sp³-hybridized carbons (Fsp3) is 0. The number of benzene rings is 1. The highest BCUT2D eigenvalue weighted by atomic mass is 35.5. The lowest BCUT2D eigenvalue weighted by atomic mass is 10.3. The van der Waals surface area contributed by atoms with Crippen molar-refractivity contribution in [2.45, 2.75) is 0 Å². The second kappa shape index (κ2) is 6.21. The molecule has 0 saturated carbocycles. The van der Waals surface area contributed by atoms with Crippen LogP contribution >= 0.6 is 34.3 Å². The molecular formula is C13H9ClN4OS2. The fourth-order valence-corrected chi connectivity index (χ4v) is 2.90. The minimum absolute atomic E-state index is 0.273. The lowest BCUT2D eigenvalue weighted by molar-refractivity contribution is 0.102. The molecular weight excluding hydrogens is 328 g/mol. The Kier molecular flexibility index (Phi) is 4.14. The predicted molar refractivity (Wildman–Crippen MR) is 86.9 cm³/mol. The topological polar surface area (TPSA) is 66.9 Å². The van der Waals surface area contributed by atoms with Gasteiger partial charge in [0.2, 0.25) is 0 Å². The zero-order valence-electron chi connectivity index (χ0n) is 10.5. The quantitative estimate of drug-likeness (QED) is 0.747. The molecule has 3 rings (SSSR count). The summed E-state index contributed by atoms with van der Waals surface area (Å²) in [7, 11) is 0. The number of rotatable bonds is 4. The van der Waals surface area contributed by atoms with Gasteiger partial charge in [0.15, 0.2) is 10.3 Å². The Morgan fingerprint density at radius 1 is 1.14 bits per heavy atom. The summed E-state index contributed by atoms with van der Waals surface area (Å²) in [6, 6.07) is 7.26. The third-order valence-corrected chi connectivity index (χ3v) is 4.18. The van der Waals surface area contributed by atoms with Crippen molar-refractivity contribution in [1.82, 2.24) is 9.97 Å². The lowest BCUT2D eigenvalue weighted by Gasteiger charge is -2.01. The van der Waals surface area contributed by atoms with E-state index in [0.29, 0.717) is 21.0 Å². The summed E-state index contributed by atoms with van der Waals surface area (Å²) in [4.78, 5) is 20.2. The third kappa shape index (κ3) is 3.57. The predicted octanol–water partition coefficient (Wildman–Crippen LogP) is 4.25. The monoisotopic (exact) mass is 336 g/mol. The van der Waals surface area contributed by atoms with Crippen molar-refractivity contribution < 1.29 is 4.79 Å². The molecule has 0 fully saturated rings. The molecule has 106 valence electrons. The fourth-order valence-electron chi connectivity index (χ4n) is 1.54. The molecule has 0 aliphatic carbocycles. The number of amides is 1. The molecule has 21 heavy (non-hydrogen) atoms. The van der Waals surface area contributed by atoms with Gasteiger partial charge < -0.3 is 5.32 Å². The van der Waals surface area contributed by atoms with Gasteiger partial charge in [0.05, 0.1) is 0 Å². The van der Waals surface area contributed by atoms with E-state index in [-0.39, 0.29) is 5.91 Å². The zero-order valence-corrected chi connectivity index (χ0v) is 12.9. The molecule has 2 heterocycles. The molecule has 2 aromatic heterocycles. The van der Waals surface area contributed by atoms with Gasteiger partial charge in [-0.2, -0.15) is 0 Å². The van der Waals surface area contributed by atoms with Gasteiger partial charge in [0, 0.05) is 27.7 Å². The minimum Gasteiger partial charge on any atom is -0.332 e. The van der Waals surface area contributed by atoms with Crippen LogP contribution in [0, 0.1) is 0 Å². The van der Waals surface area contributed by atoms with Crippen molar-refractivity contribution in [3.05, 3.63) is 51.9 Å². The summed E-state index contributed by atoms with van der Waals surface area (Å²) in [6.45, 7) is 0. The van der Waals surface area contributed by atoms with E-state index in [1.54, 1.807) is 29.1 Å². The van der Waals surface area contributed by atoms with E-state index in [2.05, 4.69) is 20.6 Å². The SMILES string of the molecule is O=C(Nc1nccs1)c1csc(Nc2ccc(Cl)cc2)n1. The van der Waals surface area contributed by atoms with E-state index in [1.165, 1.54) is 22.7 Å². The highest BCUT2D eigenvalue weighted by Crippen LogP contribution is 2.23. The van der Waals surface area contributed by atoms with Crippen LogP contribution in [0.4, 0.5) is 16.0 Å². The number of carbonyl (C=O) groups is 1. The Morgan fingerprint density at radius 2 is 1.95 bits per heavy atom. The molecule has 0 saturated heterocycles. The van der Waals surface area contributed by atoms with Gasteiger partial charge in [0.25, 0.3) is 5.91 Å². The third-order valence-electron chi connectivity index (χ3n) is 2.49. The van der Waals surface area contributed by atoms with E-state index >= 15 is 0 Å². The Hall–Kier alpha value is -1.96. The Bertz CT molecular complexity index is 740. The molecule has 0 bridgehead atoms. The van der Waals surface area contributed by atoms with Gasteiger partial charge >= 0.3 is 0 Å². The normalized spacial score (nSPS) is 10.3. The largest absolute Gasteiger partial charge is 0.332 e. The standard InChI is InChI=1S/C13H9ClN4OS2/c14-8-1-3-9(4-2-8)16-13-17-10(7-21-13)11(19)18-12-15-5-6-20-12/h1-7H,(H,16,17)(H,15,18,19). The van der Waals surface area contributed by atoms with Crippen LogP contribution in [-0.4, -0.2) is 15.9 Å². The summed E-state index contributed by atoms with van der Waals surface area (Å²) >= 11 is 8.55. The number of hydrogen-bond donors (Lipinski definition) is 2. The van der Waals surface area contributed by atoms with Gasteiger partial charge in [0.1, 0.15) is 5.69 Å². The van der Waals surface area contributed by atoms with Crippen molar-refractivity contribution >= 4 is 56.1 Å². The van der Waals surface area contributed by atoms with E-state index < -0.39 is 0 Å². The van der Waals surface area contributed by atoms with Crippen molar-refractivity contribution in [3.8, 4) is 0 Å². The first-order valence-corrected chi connectivity index (χ1v) is 8.03. The molecule has 1 amide bonds. The maximum atomic E-state index is 12.0. The maximum absolute atomic E-state index is 12.0. The van der Waals surface area contributed by atoms with Gasteiger partial charge in [-0.25, -0.2) is 9.97 Å². The van der Waals surface area contributed by atoms with E-state index in [0.717, 1.165) is 5.69 Å². The number of hydrogen-bond acceptors (Lipinski definition) is 6. The number of anilines is 3. The summed E-state index contributed by atoms with van der Waals surface area (Å²) in [5.41, 5.74) is 1.22. The molecule has 0 radical (unpaired) electrons. The highest BCUT2D eigenvalue weighted by Gasteiger charge is 2.12. The molecule has 8 heteroatoms. The van der Waals surface area contributed by atoms with E-state index in [4.69, 9.17) is 11.6 Å². The number of thiazole rings is 2. The molecule has 0 aliphatic rings. The molecule has 0 aliphatic heterocycles. The van der Waals surface area contributed by atoms with Gasteiger partial charge in [-0.1, -0.05) is 11.6 Å². The molecule has 2 N–H and O–H groups in total. The summed E-state index contributed by atoms with van der Waals surface area (Å²) in [5.74, 6) is -0.273. The Labute approximate surface area is 133 Å². The average Bonchev–Trinajstić information content (AvgIpc) is 3.13. The minimum atomic E-state index is -0.273. The Morgan fingerprint density at radius 3 is 2.67 bits per heavy atom. The van der Waals surface area contributed by atoms with Gasteiger partial charge in [-0.3, -0.25) is 10.1 Å². The molecule has 0 atom stereocenters. The van der Waals surface area contributed by atoms with Crippen LogP contribution in [0.1, 0.15) is 10.5 Å². The number of carbonyl (C=O) groups excluding carboxylic acids is 1. The molecule has 0 unspecified atom stereocenters. The number of nitrogens with one attached hydrogen (secondary N) is 2. The van der Waals surface area contributed by atoms with Gasteiger partial charge in [-0.05, 0) is 24.3 Å². The van der Waals surface area contributed by atoms with E-state index in [1.807, 2.05) is 12.1 Å². The average molecular weight is 337 g/mol. The summed E-state index contributed by atoms with van der Waals surface area (Å²) in [6.07, 6.45) is 1.63. The Balaban J connectivity index is 1.68. The van der Waals surface area contributed by atoms with Crippen molar-refractivity contribution in [2.75, 3.05) is 10.6 Å². The number of nitrogens with zero attached hydrogens (tertiary/aromatic N) is 2. The zero-order chi connectivity index (χ0) is 14.7. The van der Waals surface area contributed by atoms with Crippen LogP contribution in [0.3, 0.4) is 0 Å². The van der Waals surface area contributed by atoms with E-state index in [9.17, 15) is 4.79 Å².